The highest BCUT2D eigenvalue weighted by atomic mass is 16.6. The largest absolute Gasteiger partial charge is 0.442 e. The van der Waals surface area contributed by atoms with Crippen LogP contribution in [0.5, 0.6) is 0 Å². The molecule has 1 amide bonds. The molecule has 0 bridgehead atoms. The molecule has 2 saturated heterocycles. The highest BCUT2D eigenvalue weighted by Crippen LogP contribution is 2.35. The first-order valence-corrected chi connectivity index (χ1v) is 11.6. The zero-order valence-corrected chi connectivity index (χ0v) is 17.4. The molecule has 2 aliphatic heterocycles. The van der Waals surface area contributed by atoms with Gasteiger partial charge in [0.15, 0.2) is 0 Å². The summed E-state index contributed by atoms with van der Waals surface area (Å²) in [4.78, 5) is 16.8. The third-order valence-electron chi connectivity index (χ3n) is 7.48. The Labute approximate surface area is 169 Å². The van der Waals surface area contributed by atoms with Crippen molar-refractivity contribution in [1.29, 1.82) is 0 Å². The van der Waals surface area contributed by atoms with E-state index in [4.69, 9.17) is 4.74 Å². The van der Waals surface area contributed by atoms with E-state index in [-0.39, 0.29) is 12.2 Å². The molecule has 154 valence electrons. The molecule has 1 aromatic heterocycles. The normalized spacial score (nSPS) is 26.2. The molecular formula is C23H35N3O2. The van der Waals surface area contributed by atoms with Gasteiger partial charge in [-0.15, -0.1) is 0 Å². The molecule has 2 fully saturated rings. The van der Waals surface area contributed by atoms with Crippen LogP contribution in [0.25, 0.3) is 0 Å². The van der Waals surface area contributed by atoms with Crippen LogP contribution in [0, 0.1) is 5.92 Å². The van der Waals surface area contributed by atoms with E-state index in [2.05, 4.69) is 16.4 Å². The van der Waals surface area contributed by atoms with E-state index in [0.717, 1.165) is 38.8 Å². The van der Waals surface area contributed by atoms with Crippen LogP contribution in [0.2, 0.25) is 0 Å². The van der Waals surface area contributed by atoms with Gasteiger partial charge in [0.05, 0.1) is 19.8 Å². The van der Waals surface area contributed by atoms with Crippen LogP contribution in [-0.4, -0.2) is 52.9 Å². The average molecular weight is 386 g/mol. The second-order valence-electron chi connectivity index (χ2n) is 9.55. The molecular weight excluding hydrogens is 350 g/mol. The van der Waals surface area contributed by atoms with E-state index in [1.807, 2.05) is 4.90 Å². The van der Waals surface area contributed by atoms with Crippen molar-refractivity contribution in [2.75, 3.05) is 26.3 Å². The number of amides is 1. The SMILES string of the molecule is CC1CCN(CN2CC(Cn3c4c(c5c3CCCC5)CCCC4)OC2=O)CC1. The highest BCUT2D eigenvalue weighted by Gasteiger charge is 2.35. The van der Waals surface area contributed by atoms with Crippen LogP contribution < -0.4 is 0 Å². The number of aromatic nitrogens is 1. The van der Waals surface area contributed by atoms with Gasteiger partial charge in [0.1, 0.15) is 6.10 Å². The van der Waals surface area contributed by atoms with E-state index < -0.39 is 0 Å². The Hall–Kier alpha value is -1.49. The van der Waals surface area contributed by atoms with E-state index >= 15 is 0 Å². The Balaban J connectivity index is 1.28. The Kier molecular flexibility index (Phi) is 5.12. The molecule has 1 unspecified atom stereocenters. The summed E-state index contributed by atoms with van der Waals surface area (Å²) in [6.45, 7) is 6.88. The van der Waals surface area contributed by atoms with Gasteiger partial charge in [0.25, 0.3) is 0 Å². The lowest BCUT2D eigenvalue weighted by atomic mass is 9.89. The van der Waals surface area contributed by atoms with Gasteiger partial charge in [-0.3, -0.25) is 9.80 Å². The lowest BCUT2D eigenvalue weighted by Crippen LogP contribution is -2.42. The van der Waals surface area contributed by atoms with Crippen molar-refractivity contribution in [3.8, 4) is 0 Å². The first kappa shape index (κ1) is 18.5. The number of fused-ring (bicyclic) bond motifs is 3. The van der Waals surface area contributed by atoms with Gasteiger partial charge in [0, 0.05) is 24.5 Å². The van der Waals surface area contributed by atoms with E-state index in [9.17, 15) is 4.79 Å². The lowest BCUT2D eigenvalue weighted by molar-refractivity contribution is 0.105. The fourth-order valence-electron chi connectivity index (χ4n) is 5.84. The molecule has 0 radical (unpaired) electrons. The van der Waals surface area contributed by atoms with Crippen molar-refractivity contribution in [1.82, 2.24) is 14.4 Å². The number of hydrogen-bond donors (Lipinski definition) is 0. The molecule has 5 nitrogen and oxygen atoms in total. The Morgan fingerprint density at radius 1 is 0.929 bits per heavy atom. The maximum atomic E-state index is 12.5. The van der Waals surface area contributed by atoms with Gasteiger partial charge < -0.3 is 9.30 Å². The van der Waals surface area contributed by atoms with Crippen molar-refractivity contribution in [3.63, 3.8) is 0 Å². The smallest absolute Gasteiger partial charge is 0.411 e. The molecule has 5 heteroatoms. The quantitative estimate of drug-likeness (QED) is 0.792. The molecule has 2 aliphatic carbocycles. The number of piperidine rings is 1. The second kappa shape index (κ2) is 7.74. The van der Waals surface area contributed by atoms with Crippen LogP contribution in [0.15, 0.2) is 0 Å². The van der Waals surface area contributed by atoms with E-state index in [1.165, 1.54) is 64.2 Å². The molecule has 28 heavy (non-hydrogen) atoms. The summed E-state index contributed by atoms with van der Waals surface area (Å²) in [5, 5.41) is 0. The topological polar surface area (TPSA) is 37.7 Å². The third kappa shape index (κ3) is 3.47. The summed E-state index contributed by atoms with van der Waals surface area (Å²) in [5.74, 6) is 0.820. The predicted octanol–water partition coefficient (Wildman–Crippen LogP) is 3.76. The second-order valence-corrected chi connectivity index (χ2v) is 9.55. The number of nitrogens with zero attached hydrogens (tertiary/aromatic N) is 3. The Morgan fingerprint density at radius 3 is 2.18 bits per heavy atom. The number of carbonyl (C=O) groups excluding carboxylic acids is 1. The average Bonchev–Trinajstić information content (AvgIpc) is 3.22. The van der Waals surface area contributed by atoms with Crippen LogP contribution in [0.3, 0.4) is 0 Å². The van der Waals surface area contributed by atoms with Crippen LogP contribution in [0.1, 0.15) is 68.0 Å². The zero-order valence-electron chi connectivity index (χ0n) is 17.4. The van der Waals surface area contributed by atoms with Crippen molar-refractivity contribution in [2.24, 2.45) is 5.92 Å². The van der Waals surface area contributed by atoms with Crippen LogP contribution in [-0.2, 0) is 37.0 Å². The molecule has 0 saturated carbocycles. The van der Waals surface area contributed by atoms with Crippen LogP contribution in [0.4, 0.5) is 4.79 Å². The van der Waals surface area contributed by atoms with Gasteiger partial charge in [0.2, 0.25) is 0 Å². The molecule has 0 aromatic carbocycles. The number of hydrogen-bond acceptors (Lipinski definition) is 3. The van der Waals surface area contributed by atoms with Crippen molar-refractivity contribution in [3.05, 3.63) is 22.5 Å². The van der Waals surface area contributed by atoms with Gasteiger partial charge >= 0.3 is 6.09 Å². The minimum absolute atomic E-state index is 0.000618. The number of cyclic esters (lactones) is 1. The molecule has 4 aliphatic rings. The molecule has 0 N–H and O–H groups in total. The summed E-state index contributed by atoms with van der Waals surface area (Å²) >= 11 is 0. The first-order chi connectivity index (χ1) is 13.7. The van der Waals surface area contributed by atoms with Crippen molar-refractivity contribution >= 4 is 6.09 Å². The molecule has 0 spiro atoms. The minimum atomic E-state index is -0.112. The number of carbonyl (C=O) groups is 1. The monoisotopic (exact) mass is 385 g/mol. The molecule has 1 aromatic rings. The van der Waals surface area contributed by atoms with Gasteiger partial charge in [-0.2, -0.15) is 0 Å². The summed E-state index contributed by atoms with van der Waals surface area (Å²) in [6, 6.07) is 0. The fraction of sp³-hybridized carbons (Fsp3) is 0.783. The summed E-state index contributed by atoms with van der Waals surface area (Å²) < 4.78 is 8.41. The van der Waals surface area contributed by atoms with Gasteiger partial charge in [-0.1, -0.05) is 6.92 Å². The number of rotatable bonds is 4. The maximum Gasteiger partial charge on any atom is 0.411 e. The lowest BCUT2D eigenvalue weighted by Gasteiger charge is -2.32. The summed E-state index contributed by atoms with van der Waals surface area (Å²) in [5.41, 5.74) is 6.45. The zero-order chi connectivity index (χ0) is 19.1. The standard InChI is InChI=1S/C23H35N3O2/c1-17-10-12-24(13-11-17)16-25-14-18(28-23(25)27)15-26-21-8-4-2-6-19(21)20-7-3-5-9-22(20)26/h17-18H,2-16H2,1H3. The van der Waals surface area contributed by atoms with E-state index in [0.29, 0.717) is 0 Å². The molecule has 1 atom stereocenters. The highest BCUT2D eigenvalue weighted by molar-refractivity contribution is 5.69. The first-order valence-electron chi connectivity index (χ1n) is 11.6. The van der Waals surface area contributed by atoms with E-state index in [1.54, 1.807) is 22.5 Å². The number of ether oxygens (including phenoxy) is 1. The maximum absolute atomic E-state index is 12.5. The number of likely N-dealkylation sites (tertiary alicyclic amines) is 1. The summed E-state index contributed by atoms with van der Waals surface area (Å²) in [7, 11) is 0. The Morgan fingerprint density at radius 2 is 1.54 bits per heavy atom. The van der Waals surface area contributed by atoms with Crippen molar-refractivity contribution in [2.45, 2.75) is 83.8 Å². The van der Waals surface area contributed by atoms with Crippen molar-refractivity contribution < 1.29 is 9.53 Å². The molecule has 5 rings (SSSR count). The predicted molar refractivity (Wildman–Crippen MR) is 110 cm³/mol. The fourth-order valence-corrected chi connectivity index (χ4v) is 5.84. The Bertz CT molecular complexity index is 699. The summed E-state index contributed by atoms with van der Waals surface area (Å²) in [6.07, 6.45) is 12.6. The van der Waals surface area contributed by atoms with Gasteiger partial charge in [-0.05, 0) is 81.3 Å². The molecule has 3 heterocycles. The van der Waals surface area contributed by atoms with Crippen LogP contribution >= 0.6 is 0 Å². The third-order valence-corrected chi connectivity index (χ3v) is 7.48. The minimum Gasteiger partial charge on any atom is -0.442 e. The van der Waals surface area contributed by atoms with Gasteiger partial charge in [-0.25, -0.2) is 4.79 Å².